The van der Waals surface area contributed by atoms with Gasteiger partial charge in [0.1, 0.15) is 11.6 Å². The summed E-state index contributed by atoms with van der Waals surface area (Å²) in [6.07, 6.45) is 0. The van der Waals surface area contributed by atoms with Crippen LogP contribution in [0.2, 0.25) is 5.02 Å². The zero-order chi connectivity index (χ0) is 11.4. The van der Waals surface area contributed by atoms with Crippen molar-refractivity contribution in [2.75, 3.05) is 20.7 Å². The minimum Gasteiger partial charge on any atom is -0.495 e. The van der Waals surface area contributed by atoms with Crippen molar-refractivity contribution in [3.63, 3.8) is 0 Å². The Kier molecular flexibility index (Phi) is 4.05. The van der Waals surface area contributed by atoms with Gasteiger partial charge in [0.15, 0.2) is 5.78 Å². The number of rotatable bonds is 4. The van der Waals surface area contributed by atoms with E-state index in [1.165, 1.54) is 13.2 Å². The third-order valence-corrected chi connectivity index (χ3v) is 2.17. The largest absolute Gasteiger partial charge is 0.495 e. The predicted octanol–water partition coefficient (Wildman–Crippen LogP) is 1.89. The fourth-order valence-electron chi connectivity index (χ4n) is 1.16. The summed E-state index contributed by atoms with van der Waals surface area (Å²) >= 11 is 5.69. The van der Waals surface area contributed by atoms with Crippen molar-refractivity contribution in [3.8, 4) is 5.75 Å². The van der Waals surface area contributed by atoms with E-state index in [1.54, 1.807) is 7.05 Å². The third-order valence-electron chi connectivity index (χ3n) is 1.88. The van der Waals surface area contributed by atoms with E-state index in [4.69, 9.17) is 16.3 Å². The SMILES string of the molecule is CNCC(=O)c1cc(OC)c(Cl)cc1F. The molecule has 0 unspecified atom stereocenters. The average Bonchev–Trinajstić information content (AvgIpc) is 2.18. The number of carbonyl (C=O) groups is 1. The number of hydrogen-bond acceptors (Lipinski definition) is 3. The van der Waals surface area contributed by atoms with E-state index in [0.717, 1.165) is 6.07 Å². The van der Waals surface area contributed by atoms with Crippen LogP contribution in [0.15, 0.2) is 12.1 Å². The Morgan fingerprint density at radius 2 is 2.27 bits per heavy atom. The second kappa shape index (κ2) is 5.09. The van der Waals surface area contributed by atoms with E-state index in [2.05, 4.69) is 5.32 Å². The molecule has 1 rings (SSSR count). The number of ether oxygens (including phenoxy) is 1. The molecule has 0 amide bonds. The highest BCUT2D eigenvalue weighted by Gasteiger charge is 2.14. The van der Waals surface area contributed by atoms with Gasteiger partial charge in [-0.2, -0.15) is 0 Å². The van der Waals surface area contributed by atoms with E-state index in [1.807, 2.05) is 0 Å². The van der Waals surface area contributed by atoms with Crippen molar-refractivity contribution in [2.24, 2.45) is 0 Å². The van der Waals surface area contributed by atoms with Crippen LogP contribution in [0.1, 0.15) is 10.4 Å². The van der Waals surface area contributed by atoms with Crippen LogP contribution in [0.4, 0.5) is 4.39 Å². The van der Waals surface area contributed by atoms with E-state index in [9.17, 15) is 9.18 Å². The van der Waals surface area contributed by atoms with Crippen LogP contribution in [0.5, 0.6) is 5.75 Å². The van der Waals surface area contributed by atoms with Crippen LogP contribution >= 0.6 is 11.6 Å². The van der Waals surface area contributed by atoms with E-state index in [-0.39, 0.29) is 28.7 Å². The Labute approximate surface area is 92.2 Å². The topological polar surface area (TPSA) is 38.3 Å². The Morgan fingerprint density at radius 3 is 2.80 bits per heavy atom. The predicted molar refractivity (Wildman–Crippen MR) is 56.2 cm³/mol. The van der Waals surface area contributed by atoms with Gasteiger partial charge in [0.2, 0.25) is 0 Å². The maximum absolute atomic E-state index is 13.4. The van der Waals surface area contributed by atoms with Gasteiger partial charge in [-0.3, -0.25) is 4.79 Å². The summed E-state index contributed by atoms with van der Waals surface area (Å²) in [6.45, 7) is 0.0711. The first-order valence-corrected chi connectivity index (χ1v) is 4.68. The smallest absolute Gasteiger partial charge is 0.179 e. The van der Waals surface area contributed by atoms with Gasteiger partial charge in [-0.05, 0) is 19.2 Å². The maximum atomic E-state index is 13.4. The van der Waals surface area contributed by atoms with Gasteiger partial charge >= 0.3 is 0 Å². The molecule has 0 heterocycles. The molecular weight excluding hydrogens is 221 g/mol. The molecule has 1 aromatic carbocycles. The Bertz CT molecular complexity index is 382. The van der Waals surface area contributed by atoms with Gasteiger partial charge in [0.25, 0.3) is 0 Å². The summed E-state index contributed by atoms with van der Waals surface area (Å²) in [7, 11) is 3.02. The number of likely N-dealkylation sites (N-methyl/N-ethyl adjacent to an activating group) is 1. The normalized spacial score (nSPS) is 10.1. The van der Waals surface area contributed by atoms with Gasteiger partial charge in [-0.1, -0.05) is 11.6 Å². The Morgan fingerprint density at radius 1 is 1.60 bits per heavy atom. The monoisotopic (exact) mass is 231 g/mol. The van der Waals surface area contributed by atoms with Crippen LogP contribution < -0.4 is 10.1 Å². The molecule has 3 nitrogen and oxygen atoms in total. The molecule has 0 aliphatic heterocycles. The van der Waals surface area contributed by atoms with Crippen LogP contribution in [0.25, 0.3) is 0 Å². The minimum atomic E-state index is -0.638. The molecule has 0 aromatic heterocycles. The van der Waals surface area contributed by atoms with Crippen molar-refractivity contribution < 1.29 is 13.9 Å². The number of carbonyl (C=O) groups excluding carboxylic acids is 1. The highest BCUT2D eigenvalue weighted by molar-refractivity contribution is 6.32. The quantitative estimate of drug-likeness (QED) is 0.805. The summed E-state index contributed by atoms with van der Waals surface area (Å²) in [5, 5.41) is 2.80. The molecule has 0 spiro atoms. The highest BCUT2D eigenvalue weighted by atomic mass is 35.5. The van der Waals surface area contributed by atoms with Crippen molar-refractivity contribution in [1.82, 2.24) is 5.32 Å². The van der Waals surface area contributed by atoms with Gasteiger partial charge in [0, 0.05) is 0 Å². The number of halogens is 2. The van der Waals surface area contributed by atoms with Gasteiger partial charge in [0.05, 0.1) is 24.2 Å². The lowest BCUT2D eigenvalue weighted by molar-refractivity contribution is 0.0989. The summed E-state index contributed by atoms with van der Waals surface area (Å²) in [5.41, 5.74) is -0.0226. The van der Waals surface area contributed by atoms with Crippen molar-refractivity contribution in [2.45, 2.75) is 0 Å². The van der Waals surface area contributed by atoms with Crippen molar-refractivity contribution in [3.05, 3.63) is 28.5 Å². The van der Waals surface area contributed by atoms with Crippen LogP contribution in [-0.4, -0.2) is 26.5 Å². The van der Waals surface area contributed by atoms with E-state index < -0.39 is 5.82 Å². The van der Waals surface area contributed by atoms with E-state index >= 15 is 0 Å². The molecule has 0 bridgehead atoms. The molecule has 0 atom stereocenters. The zero-order valence-corrected chi connectivity index (χ0v) is 9.19. The standard InChI is InChI=1S/C10H11ClFNO2/c1-13-5-9(14)6-3-10(15-2)7(11)4-8(6)12/h3-4,13H,5H2,1-2H3. The fraction of sp³-hybridized carbons (Fsp3) is 0.300. The number of nitrogens with one attached hydrogen (secondary N) is 1. The summed E-state index contributed by atoms with van der Waals surface area (Å²) in [4.78, 5) is 11.4. The molecule has 5 heteroatoms. The summed E-state index contributed by atoms with van der Waals surface area (Å²) in [5.74, 6) is -0.691. The van der Waals surface area contributed by atoms with Crippen LogP contribution in [0.3, 0.4) is 0 Å². The number of ketones is 1. The molecule has 0 saturated carbocycles. The van der Waals surface area contributed by atoms with Gasteiger partial charge in [-0.15, -0.1) is 0 Å². The number of benzene rings is 1. The van der Waals surface area contributed by atoms with Gasteiger partial charge < -0.3 is 10.1 Å². The molecule has 0 aliphatic carbocycles. The summed E-state index contributed by atoms with van der Waals surface area (Å²) in [6, 6.07) is 2.38. The first-order valence-electron chi connectivity index (χ1n) is 4.31. The van der Waals surface area contributed by atoms with Gasteiger partial charge in [-0.25, -0.2) is 4.39 Å². The second-order valence-electron chi connectivity index (χ2n) is 2.92. The van der Waals surface area contributed by atoms with Crippen LogP contribution in [-0.2, 0) is 0 Å². The average molecular weight is 232 g/mol. The first kappa shape index (κ1) is 11.9. The molecule has 1 aromatic rings. The molecule has 82 valence electrons. The fourth-order valence-corrected chi connectivity index (χ4v) is 1.38. The minimum absolute atomic E-state index is 0.0226. The van der Waals surface area contributed by atoms with E-state index in [0.29, 0.717) is 0 Å². The lowest BCUT2D eigenvalue weighted by atomic mass is 10.1. The van der Waals surface area contributed by atoms with Crippen LogP contribution in [0, 0.1) is 5.82 Å². The molecular formula is C10H11ClFNO2. The molecule has 0 aliphatic rings. The molecule has 1 N–H and O–H groups in total. The summed E-state index contributed by atoms with van der Waals surface area (Å²) < 4.78 is 18.2. The lowest BCUT2D eigenvalue weighted by Gasteiger charge is -2.07. The van der Waals surface area contributed by atoms with Crippen molar-refractivity contribution >= 4 is 17.4 Å². The Balaban J connectivity index is 3.12. The third kappa shape index (κ3) is 2.67. The molecule has 0 radical (unpaired) electrons. The first-order chi connectivity index (χ1) is 7.10. The molecule has 0 fully saturated rings. The molecule has 0 saturated heterocycles. The maximum Gasteiger partial charge on any atom is 0.179 e. The Hall–Kier alpha value is -1.13. The highest BCUT2D eigenvalue weighted by Crippen LogP contribution is 2.27. The number of Topliss-reactive ketones (excluding diaryl/α,β-unsaturated/α-hetero) is 1. The lowest BCUT2D eigenvalue weighted by Crippen LogP contribution is -2.19. The number of hydrogen-bond donors (Lipinski definition) is 1. The molecule has 15 heavy (non-hydrogen) atoms. The second-order valence-corrected chi connectivity index (χ2v) is 3.33. The number of methoxy groups -OCH3 is 1. The van der Waals surface area contributed by atoms with Crippen molar-refractivity contribution in [1.29, 1.82) is 0 Å². The zero-order valence-electron chi connectivity index (χ0n) is 8.43.